The van der Waals surface area contributed by atoms with Crippen molar-refractivity contribution < 1.29 is 27.2 Å². The molecule has 2 aromatic heterocycles. The van der Waals surface area contributed by atoms with Crippen molar-refractivity contribution in [2.24, 2.45) is 5.73 Å². The van der Waals surface area contributed by atoms with Crippen LogP contribution in [0.1, 0.15) is 40.5 Å². The topological polar surface area (TPSA) is 170 Å². The van der Waals surface area contributed by atoms with Gasteiger partial charge in [0.1, 0.15) is 12.7 Å². The lowest BCUT2D eigenvalue weighted by atomic mass is 10.0. The van der Waals surface area contributed by atoms with Crippen molar-refractivity contribution in [1.82, 2.24) is 30.2 Å². The molecule has 2 aliphatic heterocycles. The van der Waals surface area contributed by atoms with Gasteiger partial charge in [-0.05, 0) is 48.2 Å². The molecular formula is C30H30FN7O5S. The highest BCUT2D eigenvalue weighted by Crippen LogP contribution is 2.35. The average Bonchev–Trinajstić information content (AvgIpc) is 3.54. The highest BCUT2D eigenvalue weighted by molar-refractivity contribution is 7.91. The number of primary amides is 1. The smallest absolute Gasteiger partial charge is 0.269 e. The highest BCUT2D eigenvalue weighted by Gasteiger charge is 2.40. The van der Waals surface area contributed by atoms with Gasteiger partial charge in [-0.2, -0.15) is 15.3 Å². The van der Waals surface area contributed by atoms with Crippen LogP contribution >= 0.6 is 0 Å². The Balaban J connectivity index is 1.19. The Kier molecular flexibility index (Phi) is 7.72. The lowest BCUT2D eigenvalue weighted by molar-refractivity contribution is -0.128. The molecule has 3 N–H and O–H groups in total. The largest absolute Gasteiger partial charge is 0.364 e. The predicted molar refractivity (Wildman–Crippen MR) is 158 cm³/mol. The van der Waals surface area contributed by atoms with E-state index in [0.29, 0.717) is 22.0 Å². The van der Waals surface area contributed by atoms with Gasteiger partial charge in [0.05, 0.1) is 47.2 Å². The SMILES string of the molecule is Cc1cccc2c1S(=O)(=O)CCC2NC(=O)C1CC(F)CN1CC(=O)Cn1nc(C(N)=O)c2cc(-c3ccnnc3)ccc21. The minimum atomic E-state index is -3.47. The average molecular weight is 620 g/mol. The number of nitrogens with two attached hydrogens (primary N) is 1. The number of ketones is 1. The molecule has 2 aliphatic rings. The molecule has 6 rings (SSSR count). The van der Waals surface area contributed by atoms with Crippen molar-refractivity contribution in [3.05, 3.63) is 71.7 Å². The van der Waals surface area contributed by atoms with Crippen LogP contribution in [0.3, 0.4) is 0 Å². The summed E-state index contributed by atoms with van der Waals surface area (Å²) < 4.78 is 41.4. The van der Waals surface area contributed by atoms with Gasteiger partial charge in [-0.25, -0.2) is 12.8 Å². The molecule has 0 aliphatic carbocycles. The summed E-state index contributed by atoms with van der Waals surface area (Å²) in [6, 6.07) is 10.7. The zero-order valence-electron chi connectivity index (χ0n) is 23.8. The summed E-state index contributed by atoms with van der Waals surface area (Å²) in [5.74, 6) is -1.67. The van der Waals surface area contributed by atoms with E-state index in [9.17, 15) is 27.2 Å². The van der Waals surface area contributed by atoms with Crippen LogP contribution in [0.2, 0.25) is 0 Å². The zero-order chi connectivity index (χ0) is 31.2. The second kappa shape index (κ2) is 11.5. The molecule has 0 bridgehead atoms. The van der Waals surface area contributed by atoms with Crippen LogP contribution in [-0.2, 0) is 26.0 Å². The van der Waals surface area contributed by atoms with Gasteiger partial charge in [0.2, 0.25) is 5.91 Å². The fraction of sp³-hybridized carbons (Fsp3) is 0.333. The first-order valence-corrected chi connectivity index (χ1v) is 15.8. The van der Waals surface area contributed by atoms with Crippen LogP contribution in [0.15, 0.2) is 59.8 Å². The molecule has 4 heterocycles. The number of amides is 2. The maximum Gasteiger partial charge on any atom is 0.269 e. The number of fused-ring (bicyclic) bond motifs is 2. The quantitative estimate of drug-likeness (QED) is 0.299. The normalized spacial score (nSPS) is 21.2. The molecule has 3 atom stereocenters. The van der Waals surface area contributed by atoms with E-state index in [-0.39, 0.29) is 54.6 Å². The number of carbonyl (C=O) groups excluding carboxylic acids is 3. The number of hydrogen-bond acceptors (Lipinski definition) is 9. The molecule has 0 radical (unpaired) electrons. The van der Waals surface area contributed by atoms with Crippen LogP contribution in [-0.4, -0.2) is 81.9 Å². The zero-order valence-corrected chi connectivity index (χ0v) is 24.6. The summed E-state index contributed by atoms with van der Waals surface area (Å²) in [6.07, 6.45) is 1.92. The fourth-order valence-electron chi connectivity index (χ4n) is 6.18. The summed E-state index contributed by atoms with van der Waals surface area (Å²) >= 11 is 0. The Hall–Kier alpha value is -4.56. The van der Waals surface area contributed by atoms with Gasteiger partial charge in [0.15, 0.2) is 21.3 Å². The van der Waals surface area contributed by atoms with Crippen molar-refractivity contribution in [3.63, 3.8) is 0 Å². The summed E-state index contributed by atoms with van der Waals surface area (Å²) in [5.41, 5.74) is 8.76. The van der Waals surface area contributed by atoms with E-state index in [1.165, 1.54) is 9.58 Å². The molecule has 2 aromatic carbocycles. The lowest BCUT2D eigenvalue weighted by Crippen LogP contribution is -2.47. The van der Waals surface area contributed by atoms with Crippen molar-refractivity contribution in [1.29, 1.82) is 0 Å². The molecule has 14 heteroatoms. The Bertz CT molecular complexity index is 1900. The Labute approximate surface area is 252 Å². The summed E-state index contributed by atoms with van der Waals surface area (Å²) in [5, 5.41) is 15.3. The van der Waals surface area contributed by atoms with Crippen molar-refractivity contribution in [2.75, 3.05) is 18.8 Å². The minimum Gasteiger partial charge on any atom is -0.364 e. The van der Waals surface area contributed by atoms with Gasteiger partial charge in [-0.3, -0.25) is 24.0 Å². The van der Waals surface area contributed by atoms with Gasteiger partial charge in [0.25, 0.3) is 5.91 Å². The second-order valence-corrected chi connectivity index (χ2v) is 13.3. The number of aromatic nitrogens is 4. The van der Waals surface area contributed by atoms with E-state index in [4.69, 9.17) is 5.73 Å². The number of sulfone groups is 1. The minimum absolute atomic E-state index is 0.00364. The summed E-state index contributed by atoms with van der Waals surface area (Å²) in [7, 11) is -3.47. The van der Waals surface area contributed by atoms with Crippen molar-refractivity contribution in [2.45, 2.75) is 49.5 Å². The van der Waals surface area contributed by atoms with Crippen molar-refractivity contribution >= 4 is 38.3 Å². The third-order valence-corrected chi connectivity index (χ3v) is 10.1. The molecule has 0 spiro atoms. The maximum absolute atomic E-state index is 14.6. The predicted octanol–water partition coefficient (Wildman–Crippen LogP) is 1.92. The number of likely N-dealkylation sites (tertiary alicyclic amines) is 1. The maximum atomic E-state index is 14.6. The first-order chi connectivity index (χ1) is 21.0. The first kappa shape index (κ1) is 29.5. The van der Waals surface area contributed by atoms with E-state index in [0.717, 1.165) is 11.1 Å². The summed E-state index contributed by atoms with van der Waals surface area (Å²) in [6.45, 7) is 1.16. The van der Waals surface area contributed by atoms with Gasteiger partial charge >= 0.3 is 0 Å². The number of hydrogen-bond donors (Lipinski definition) is 2. The highest BCUT2D eigenvalue weighted by atomic mass is 32.2. The number of halogens is 1. The Morgan fingerprint density at radius 3 is 2.66 bits per heavy atom. The number of nitrogens with zero attached hydrogens (tertiary/aromatic N) is 5. The van der Waals surface area contributed by atoms with Crippen LogP contribution in [0.4, 0.5) is 4.39 Å². The molecule has 12 nitrogen and oxygen atoms in total. The number of Topliss-reactive ketones (excluding diaryl/α,β-unsaturated/α-hetero) is 1. The molecule has 4 aromatic rings. The van der Waals surface area contributed by atoms with Crippen LogP contribution in [0, 0.1) is 6.92 Å². The molecule has 1 fully saturated rings. The fourth-order valence-corrected chi connectivity index (χ4v) is 8.06. The van der Waals surface area contributed by atoms with E-state index in [1.54, 1.807) is 61.8 Å². The molecular weight excluding hydrogens is 589 g/mol. The number of benzene rings is 2. The molecule has 44 heavy (non-hydrogen) atoms. The van der Waals surface area contributed by atoms with Crippen LogP contribution < -0.4 is 11.1 Å². The number of carbonyl (C=O) groups is 3. The number of alkyl halides is 1. The Morgan fingerprint density at radius 1 is 1.09 bits per heavy atom. The number of aryl methyl sites for hydroxylation is 1. The van der Waals surface area contributed by atoms with E-state index in [1.807, 2.05) is 0 Å². The number of nitrogens with one attached hydrogen (secondary N) is 1. The van der Waals surface area contributed by atoms with Crippen LogP contribution in [0.5, 0.6) is 0 Å². The molecule has 3 unspecified atom stereocenters. The standard InChI is InChI=1S/C30H30FN7O5S/c1-17-3-2-4-22-24(8-10-44(42,43)28(17)22)35-30(41)26-12-20(31)14-37(26)15-21(39)16-38-25-6-5-18(19-7-9-33-34-13-19)11-23(25)27(36-38)29(32)40/h2-7,9,11,13,20,24,26H,8,10,12,14-16H2,1H3,(H2,32,40)(H,35,41). The Morgan fingerprint density at radius 2 is 1.91 bits per heavy atom. The van der Waals surface area contributed by atoms with Gasteiger partial charge < -0.3 is 11.1 Å². The molecule has 2 amide bonds. The second-order valence-electron chi connectivity index (χ2n) is 11.2. The third-order valence-electron chi connectivity index (χ3n) is 8.18. The molecule has 1 saturated heterocycles. The number of rotatable bonds is 8. The molecule has 0 saturated carbocycles. The first-order valence-electron chi connectivity index (χ1n) is 14.1. The third kappa shape index (κ3) is 5.57. The van der Waals surface area contributed by atoms with Gasteiger partial charge in [0, 0.05) is 23.9 Å². The van der Waals surface area contributed by atoms with Crippen molar-refractivity contribution in [3.8, 4) is 11.1 Å². The monoisotopic (exact) mass is 619 g/mol. The molecule has 228 valence electrons. The van der Waals surface area contributed by atoms with E-state index >= 15 is 0 Å². The van der Waals surface area contributed by atoms with E-state index < -0.39 is 39.9 Å². The lowest BCUT2D eigenvalue weighted by Gasteiger charge is -2.30. The van der Waals surface area contributed by atoms with Crippen LogP contribution in [0.25, 0.3) is 22.0 Å². The van der Waals surface area contributed by atoms with Gasteiger partial charge in [-0.15, -0.1) is 0 Å². The van der Waals surface area contributed by atoms with E-state index in [2.05, 4.69) is 20.6 Å². The summed E-state index contributed by atoms with van der Waals surface area (Å²) in [4.78, 5) is 40.6. The van der Waals surface area contributed by atoms with Gasteiger partial charge in [-0.1, -0.05) is 24.3 Å².